The van der Waals surface area contributed by atoms with Crippen LogP contribution in [0.1, 0.15) is 35.3 Å². The number of aliphatic hydroxyl groups excluding tert-OH is 1. The number of aliphatic hydroxyl groups is 1. The van der Waals surface area contributed by atoms with E-state index in [1.54, 1.807) is 30.3 Å². The quantitative estimate of drug-likeness (QED) is 0.266. The van der Waals surface area contributed by atoms with Gasteiger partial charge in [0.1, 0.15) is 5.75 Å². The zero-order valence-corrected chi connectivity index (χ0v) is 18.5. The summed E-state index contributed by atoms with van der Waals surface area (Å²) >= 11 is 0. The molecule has 33 heavy (non-hydrogen) atoms. The Morgan fingerprint density at radius 3 is 2.45 bits per heavy atom. The predicted molar refractivity (Wildman–Crippen MR) is 128 cm³/mol. The number of benzene rings is 2. The fraction of sp³-hybridized carbons (Fsp3) is 0.280. The van der Waals surface area contributed by atoms with Crippen LogP contribution in [0.3, 0.4) is 0 Å². The number of nitrogens with one attached hydrogen (secondary N) is 2. The van der Waals surface area contributed by atoms with E-state index in [0.717, 1.165) is 5.56 Å². The Morgan fingerprint density at radius 2 is 1.85 bits per heavy atom. The third-order valence-corrected chi connectivity index (χ3v) is 5.31. The van der Waals surface area contributed by atoms with E-state index in [1.807, 2.05) is 24.3 Å². The molecule has 3 rings (SSSR count). The van der Waals surface area contributed by atoms with Gasteiger partial charge in [-0.25, -0.2) is 0 Å². The Balaban J connectivity index is 0.00000122. The average molecular weight is 454 g/mol. The number of aromatic hydroxyl groups is 1. The summed E-state index contributed by atoms with van der Waals surface area (Å²) < 4.78 is 0. The van der Waals surface area contributed by atoms with Gasteiger partial charge < -0.3 is 31.7 Å². The Labute approximate surface area is 193 Å². The molecule has 1 aliphatic carbocycles. The molecular weight excluding hydrogens is 422 g/mol. The maximum absolute atomic E-state index is 12.5. The summed E-state index contributed by atoms with van der Waals surface area (Å²) in [4.78, 5) is 20.8. The van der Waals surface area contributed by atoms with Gasteiger partial charge in [-0.1, -0.05) is 49.4 Å². The van der Waals surface area contributed by atoms with Crippen molar-refractivity contribution in [3.63, 3.8) is 0 Å². The summed E-state index contributed by atoms with van der Waals surface area (Å²) in [5, 5.41) is 32.4. The molecule has 0 fully saturated rings. The molecule has 2 aromatic rings. The van der Waals surface area contributed by atoms with E-state index in [4.69, 9.17) is 15.6 Å². The lowest BCUT2D eigenvalue weighted by atomic mass is 9.93. The van der Waals surface area contributed by atoms with Crippen LogP contribution in [-0.4, -0.2) is 46.9 Å². The second-order valence-corrected chi connectivity index (χ2v) is 7.68. The number of anilines is 1. The van der Waals surface area contributed by atoms with Crippen LogP contribution in [0.4, 0.5) is 5.69 Å². The third kappa shape index (κ3) is 7.87. The van der Waals surface area contributed by atoms with Crippen molar-refractivity contribution in [3.05, 3.63) is 83.5 Å². The first-order valence-electron chi connectivity index (χ1n) is 10.7. The highest BCUT2D eigenvalue weighted by atomic mass is 16.3. The van der Waals surface area contributed by atoms with Crippen LogP contribution >= 0.6 is 0 Å². The number of phenols is 1. The molecule has 176 valence electrons. The van der Waals surface area contributed by atoms with Crippen LogP contribution in [0.5, 0.6) is 5.75 Å². The molecule has 2 aromatic carbocycles. The van der Waals surface area contributed by atoms with Crippen molar-refractivity contribution in [2.45, 2.75) is 25.4 Å². The summed E-state index contributed by atoms with van der Waals surface area (Å²) in [6.07, 6.45) is 6.79. The minimum atomic E-state index is -0.294. The zero-order valence-electron chi connectivity index (χ0n) is 18.5. The number of hydrogen-bond acceptors (Lipinski definition) is 6. The van der Waals surface area contributed by atoms with E-state index in [0.29, 0.717) is 30.1 Å². The number of hydrogen-bond donors (Lipinski definition) is 6. The van der Waals surface area contributed by atoms with Crippen molar-refractivity contribution in [2.24, 2.45) is 11.7 Å². The third-order valence-electron chi connectivity index (χ3n) is 5.31. The van der Waals surface area contributed by atoms with Gasteiger partial charge >= 0.3 is 0 Å². The number of nitrogens with two attached hydrogens (primary N) is 1. The van der Waals surface area contributed by atoms with E-state index >= 15 is 0 Å². The molecule has 0 saturated heterocycles. The first kappa shape index (κ1) is 25.8. The highest BCUT2D eigenvalue weighted by molar-refractivity contribution is 6.05. The van der Waals surface area contributed by atoms with Crippen LogP contribution in [0.2, 0.25) is 0 Å². The van der Waals surface area contributed by atoms with Crippen LogP contribution in [-0.2, 0) is 4.79 Å². The average Bonchev–Trinajstić information content (AvgIpc) is 2.81. The molecule has 0 aromatic heterocycles. The summed E-state index contributed by atoms with van der Waals surface area (Å²) in [5.41, 5.74) is 9.03. The van der Waals surface area contributed by atoms with Crippen molar-refractivity contribution in [3.8, 4) is 5.75 Å². The summed E-state index contributed by atoms with van der Waals surface area (Å²) in [5.74, 6) is 0.0264. The minimum absolute atomic E-state index is 0.0241. The fourth-order valence-electron chi connectivity index (χ4n) is 3.43. The second kappa shape index (κ2) is 13.2. The van der Waals surface area contributed by atoms with Gasteiger partial charge in [0.15, 0.2) is 0 Å². The molecule has 0 saturated carbocycles. The molecule has 0 heterocycles. The molecule has 3 atom stereocenters. The largest absolute Gasteiger partial charge is 0.506 e. The molecule has 8 heteroatoms. The van der Waals surface area contributed by atoms with Gasteiger partial charge in [0, 0.05) is 30.8 Å². The topological polar surface area (TPSA) is 145 Å². The van der Waals surface area contributed by atoms with Gasteiger partial charge in [-0.3, -0.25) is 9.59 Å². The number of carboxylic acid groups (broad SMARTS) is 1. The molecule has 1 aliphatic rings. The van der Waals surface area contributed by atoms with E-state index in [9.17, 15) is 15.0 Å². The van der Waals surface area contributed by atoms with Crippen molar-refractivity contribution in [1.82, 2.24) is 5.32 Å². The maximum Gasteiger partial charge on any atom is 0.290 e. The number of carbonyl (C=O) groups is 2. The predicted octanol–water partition coefficient (Wildman–Crippen LogP) is 2.82. The zero-order chi connectivity index (χ0) is 24.2. The van der Waals surface area contributed by atoms with Gasteiger partial charge in [-0.2, -0.15) is 0 Å². The Kier molecular flexibility index (Phi) is 10.3. The lowest BCUT2D eigenvalue weighted by Gasteiger charge is -2.22. The molecule has 3 unspecified atom stereocenters. The normalized spacial score (nSPS) is 17.8. The molecule has 8 nitrogen and oxygen atoms in total. The number of rotatable bonds is 8. The van der Waals surface area contributed by atoms with Crippen LogP contribution in [0, 0.1) is 5.92 Å². The first-order valence-corrected chi connectivity index (χ1v) is 10.7. The van der Waals surface area contributed by atoms with Crippen molar-refractivity contribution in [2.75, 3.05) is 18.5 Å². The minimum Gasteiger partial charge on any atom is -0.506 e. The van der Waals surface area contributed by atoms with Crippen molar-refractivity contribution >= 4 is 18.1 Å². The summed E-state index contributed by atoms with van der Waals surface area (Å²) in [7, 11) is 0. The van der Waals surface area contributed by atoms with Gasteiger partial charge in [0.25, 0.3) is 12.4 Å². The van der Waals surface area contributed by atoms with Crippen molar-refractivity contribution in [1.29, 1.82) is 0 Å². The summed E-state index contributed by atoms with van der Waals surface area (Å²) in [6, 6.07) is 13.9. The van der Waals surface area contributed by atoms with E-state index in [2.05, 4.69) is 23.6 Å². The second-order valence-electron chi connectivity index (χ2n) is 7.68. The van der Waals surface area contributed by atoms with E-state index in [1.165, 1.54) is 11.6 Å². The van der Waals surface area contributed by atoms with Gasteiger partial charge in [0.05, 0.1) is 5.69 Å². The molecule has 0 spiro atoms. The fourth-order valence-corrected chi connectivity index (χ4v) is 3.43. The molecule has 1 amide bonds. The number of para-hydroxylation sites is 2. The molecule has 0 bridgehead atoms. The Morgan fingerprint density at radius 1 is 1.18 bits per heavy atom. The molecular formula is C25H31N3O5. The van der Waals surface area contributed by atoms with E-state index in [-0.39, 0.29) is 36.8 Å². The Hall–Kier alpha value is -3.46. The first-order chi connectivity index (χ1) is 15.9. The van der Waals surface area contributed by atoms with Gasteiger partial charge in [-0.05, 0) is 47.7 Å². The standard InChI is InChI=1S/C24H29N3O3.CH2O2/c1-16-14-17(6-11-20(16)25)15-26-21(12-13-28)18-7-9-19(10-8-18)24(30)27-22-4-2-3-5-23(22)29;2-1-3/h2-11,14,16,20-21,26,28-29H,12-13,15,25H2,1H3,(H,27,30);1H,(H,2,3). The summed E-state index contributed by atoms with van der Waals surface area (Å²) in [6.45, 7) is 2.58. The Bertz CT molecular complexity index is 972. The van der Waals surface area contributed by atoms with Gasteiger partial charge in [0.2, 0.25) is 0 Å². The number of phenolic OH excluding ortho intramolecular Hbond substituents is 1. The van der Waals surface area contributed by atoms with Crippen LogP contribution < -0.4 is 16.4 Å². The monoisotopic (exact) mass is 453 g/mol. The number of amides is 1. The van der Waals surface area contributed by atoms with Crippen LogP contribution in [0.25, 0.3) is 0 Å². The molecule has 0 aliphatic heterocycles. The van der Waals surface area contributed by atoms with Crippen LogP contribution in [0.15, 0.2) is 72.3 Å². The lowest BCUT2D eigenvalue weighted by Crippen LogP contribution is -2.29. The maximum atomic E-state index is 12.5. The molecule has 0 radical (unpaired) electrons. The highest BCUT2D eigenvalue weighted by Crippen LogP contribution is 2.23. The smallest absolute Gasteiger partial charge is 0.290 e. The van der Waals surface area contributed by atoms with E-state index < -0.39 is 0 Å². The molecule has 7 N–H and O–H groups in total. The SMILES string of the molecule is CC1C=C(CNC(CCO)c2ccc(C(=O)Nc3ccccc3O)cc2)C=CC1N.O=CO. The lowest BCUT2D eigenvalue weighted by molar-refractivity contribution is -0.122. The van der Waals surface area contributed by atoms with Crippen molar-refractivity contribution < 1.29 is 24.9 Å². The number of carbonyl (C=O) groups excluding carboxylic acids is 1. The highest BCUT2D eigenvalue weighted by Gasteiger charge is 2.16. The van der Waals surface area contributed by atoms with Gasteiger partial charge in [-0.15, -0.1) is 0 Å².